The highest BCUT2D eigenvalue weighted by Crippen LogP contribution is 2.66. The number of hydrogen-bond donors (Lipinski definition) is 0. The number of hydrogen-bond acceptors (Lipinski definition) is 5. The van der Waals surface area contributed by atoms with Gasteiger partial charge < -0.3 is 14.2 Å². The lowest BCUT2D eigenvalue weighted by molar-refractivity contribution is -0.144. The molecule has 0 radical (unpaired) electrons. The molecule has 45 heavy (non-hydrogen) atoms. The normalized spacial score (nSPS) is 32.3. The topological polar surface area (TPSA) is 61.8 Å². The second-order valence-electron chi connectivity index (χ2n) is 15.1. The van der Waals surface area contributed by atoms with Crippen LogP contribution in [0.1, 0.15) is 99.0 Å². The molecule has 5 rings (SSSR count). The molecule has 0 aromatic heterocycles. The average molecular weight is 615 g/mol. The van der Waals surface area contributed by atoms with E-state index in [4.69, 9.17) is 14.2 Å². The summed E-state index contributed by atoms with van der Waals surface area (Å²) >= 11 is 0. The highest BCUT2D eigenvalue weighted by atomic mass is 16.6. The number of carbonyl (C=O) groups is 2. The summed E-state index contributed by atoms with van der Waals surface area (Å²) in [5, 5.41) is 0. The predicted octanol–water partition coefficient (Wildman–Crippen LogP) is 9.53. The van der Waals surface area contributed by atoms with Gasteiger partial charge in [-0.3, -0.25) is 4.79 Å². The first kappa shape index (κ1) is 33.3. The van der Waals surface area contributed by atoms with E-state index >= 15 is 0 Å². The third-order valence-electron chi connectivity index (χ3n) is 12.1. The van der Waals surface area contributed by atoms with Crippen LogP contribution < -0.4 is 9.47 Å². The number of carbonyl (C=O) groups excluding carboxylic acids is 2. The zero-order chi connectivity index (χ0) is 32.5. The van der Waals surface area contributed by atoms with Crippen LogP contribution in [0.5, 0.6) is 11.5 Å². The molecule has 0 saturated heterocycles. The van der Waals surface area contributed by atoms with E-state index in [1.807, 2.05) is 0 Å². The summed E-state index contributed by atoms with van der Waals surface area (Å²) in [6, 6.07) is 5.17. The summed E-state index contributed by atoms with van der Waals surface area (Å²) in [6.07, 6.45) is 20.9. The molecule has 4 aliphatic carbocycles. The minimum atomic E-state index is -0.414. The fraction of sp³-hybridized carbons (Fsp3) is 0.600. The molecular weight excluding hydrogens is 560 g/mol. The zero-order valence-corrected chi connectivity index (χ0v) is 28.7. The predicted molar refractivity (Wildman–Crippen MR) is 181 cm³/mol. The van der Waals surface area contributed by atoms with E-state index in [0.717, 1.165) is 30.7 Å². The van der Waals surface area contributed by atoms with E-state index in [1.165, 1.54) is 51.4 Å². The largest absolute Gasteiger partial charge is 0.493 e. The fourth-order valence-electron chi connectivity index (χ4n) is 9.08. The van der Waals surface area contributed by atoms with Gasteiger partial charge in [0.2, 0.25) is 0 Å². The van der Waals surface area contributed by atoms with Crippen molar-refractivity contribution in [1.82, 2.24) is 0 Å². The van der Waals surface area contributed by atoms with Crippen molar-refractivity contribution in [2.24, 2.45) is 46.3 Å². The van der Waals surface area contributed by atoms with E-state index in [0.29, 0.717) is 46.5 Å². The van der Waals surface area contributed by atoms with Crippen molar-refractivity contribution in [3.63, 3.8) is 0 Å². The van der Waals surface area contributed by atoms with Gasteiger partial charge in [-0.2, -0.15) is 0 Å². The molecule has 4 aliphatic rings. The van der Waals surface area contributed by atoms with Gasteiger partial charge in [0.05, 0.1) is 7.11 Å². The Kier molecular flexibility index (Phi) is 9.87. The van der Waals surface area contributed by atoms with Crippen molar-refractivity contribution >= 4 is 18.0 Å². The third kappa shape index (κ3) is 6.74. The standard InChI is InChI=1S/C40H54O5/c1-25(2)26(3)9-10-27(4)33-15-16-34-32-14-13-30-24-31(19-21-39(30,6)35(32)20-22-40(33,34)7)45-38(42)18-12-29-11-17-36(44-28(5)41)37(23-29)43-8/h9-14,17-18,23,25-27,31,33-35H,15-16,19-22,24H2,1-8H3/b10-9+,18-12+/t26-,27+,31-,33+,34?,35?,39-,40+/m0/s1. The smallest absolute Gasteiger partial charge is 0.331 e. The maximum absolute atomic E-state index is 12.8. The highest BCUT2D eigenvalue weighted by molar-refractivity contribution is 5.87. The molecule has 3 saturated carbocycles. The van der Waals surface area contributed by atoms with Crippen LogP contribution in [-0.4, -0.2) is 25.2 Å². The van der Waals surface area contributed by atoms with Crippen molar-refractivity contribution in [3.8, 4) is 11.5 Å². The number of rotatable bonds is 9. The molecule has 0 N–H and O–H groups in total. The molecular formula is C40H54O5. The van der Waals surface area contributed by atoms with Crippen molar-refractivity contribution in [1.29, 1.82) is 0 Å². The van der Waals surface area contributed by atoms with Crippen LogP contribution in [0.4, 0.5) is 0 Å². The Labute approximate surface area is 271 Å². The van der Waals surface area contributed by atoms with Gasteiger partial charge in [0.15, 0.2) is 11.5 Å². The number of esters is 2. The van der Waals surface area contributed by atoms with Crippen molar-refractivity contribution in [2.45, 2.75) is 99.5 Å². The van der Waals surface area contributed by atoms with Crippen molar-refractivity contribution in [2.75, 3.05) is 7.11 Å². The maximum atomic E-state index is 12.8. The van der Waals surface area contributed by atoms with Gasteiger partial charge in [0.1, 0.15) is 6.10 Å². The fourth-order valence-corrected chi connectivity index (χ4v) is 9.08. The van der Waals surface area contributed by atoms with Gasteiger partial charge in [0, 0.05) is 19.4 Å². The molecule has 3 fully saturated rings. The van der Waals surface area contributed by atoms with Crippen LogP contribution in [0.25, 0.3) is 6.08 Å². The van der Waals surface area contributed by atoms with Gasteiger partial charge in [0.25, 0.3) is 0 Å². The Bertz CT molecular complexity index is 1400. The number of ether oxygens (including phenoxy) is 3. The molecule has 2 unspecified atom stereocenters. The third-order valence-corrected chi connectivity index (χ3v) is 12.1. The summed E-state index contributed by atoms with van der Waals surface area (Å²) < 4.78 is 16.5. The Morgan fingerprint density at radius 2 is 1.71 bits per heavy atom. The molecule has 0 heterocycles. The van der Waals surface area contributed by atoms with Gasteiger partial charge in [-0.25, -0.2) is 4.79 Å². The molecule has 1 aromatic rings. The summed E-state index contributed by atoms with van der Waals surface area (Å²) in [5.74, 6) is 3.98. The molecule has 1 aromatic carbocycles. The number of methoxy groups -OCH3 is 1. The lowest BCUT2D eigenvalue weighted by Crippen LogP contribution is -2.46. The molecule has 0 spiro atoms. The zero-order valence-electron chi connectivity index (χ0n) is 28.7. The lowest BCUT2D eigenvalue weighted by Gasteiger charge is -2.55. The second-order valence-corrected chi connectivity index (χ2v) is 15.1. The number of fused-ring (bicyclic) bond motifs is 5. The van der Waals surface area contributed by atoms with E-state index in [-0.39, 0.29) is 17.5 Å². The van der Waals surface area contributed by atoms with Gasteiger partial charge >= 0.3 is 11.9 Å². The first-order valence-corrected chi connectivity index (χ1v) is 17.2. The van der Waals surface area contributed by atoms with E-state index in [2.05, 4.69) is 65.8 Å². The molecule has 0 amide bonds. The molecule has 0 aliphatic heterocycles. The Morgan fingerprint density at radius 3 is 2.42 bits per heavy atom. The maximum Gasteiger partial charge on any atom is 0.331 e. The first-order chi connectivity index (χ1) is 21.4. The molecule has 8 atom stereocenters. The summed E-state index contributed by atoms with van der Waals surface area (Å²) in [5.41, 5.74) is 4.45. The molecule has 5 nitrogen and oxygen atoms in total. The number of benzene rings is 1. The molecule has 0 bridgehead atoms. The van der Waals surface area contributed by atoms with Crippen LogP contribution in [0.15, 0.2) is 59.7 Å². The molecule has 5 heteroatoms. The molecule has 244 valence electrons. The van der Waals surface area contributed by atoms with Gasteiger partial charge in [-0.05, 0) is 109 Å². The van der Waals surface area contributed by atoms with E-state index in [1.54, 1.807) is 29.8 Å². The van der Waals surface area contributed by atoms with Crippen LogP contribution in [-0.2, 0) is 14.3 Å². The summed E-state index contributed by atoms with van der Waals surface area (Å²) in [7, 11) is 1.52. The van der Waals surface area contributed by atoms with Crippen LogP contribution in [0.2, 0.25) is 0 Å². The van der Waals surface area contributed by atoms with E-state index < -0.39 is 5.97 Å². The summed E-state index contributed by atoms with van der Waals surface area (Å²) in [4.78, 5) is 24.2. The SMILES string of the molecule is COc1cc(/C=C/C(=O)O[C@H]2CC[C@@]3(C)C(=CC=C4C3CC[C@@]3(C)C4CC[C@@H]3[C@H](C)/C=C/[C@H](C)C(C)C)C2)ccc1OC(C)=O. The second kappa shape index (κ2) is 13.3. The van der Waals surface area contributed by atoms with E-state index in [9.17, 15) is 9.59 Å². The van der Waals surface area contributed by atoms with Crippen molar-refractivity contribution < 1.29 is 23.8 Å². The Hall–Kier alpha value is -3.08. The monoisotopic (exact) mass is 614 g/mol. The lowest BCUT2D eigenvalue weighted by atomic mass is 9.50. The minimum absolute atomic E-state index is 0.108. The van der Waals surface area contributed by atoms with Crippen LogP contribution in [0.3, 0.4) is 0 Å². The van der Waals surface area contributed by atoms with Gasteiger partial charge in [-0.15, -0.1) is 0 Å². The summed E-state index contributed by atoms with van der Waals surface area (Å²) in [6.45, 7) is 15.9. The highest BCUT2D eigenvalue weighted by Gasteiger charge is 2.57. The van der Waals surface area contributed by atoms with Crippen LogP contribution >= 0.6 is 0 Å². The quantitative estimate of drug-likeness (QED) is 0.120. The minimum Gasteiger partial charge on any atom is -0.493 e. The Balaban J connectivity index is 1.24. The number of allylic oxidation sites excluding steroid dienone is 5. The first-order valence-electron chi connectivity index (χ1n) is 17.2. The van der Waals surface area contributed by atoms with Crippen LogP contribution in [0, 0.1) is 46.3 Å². The van der Waals surface area contributed by atoms with Gasteiger partial charge in [-0.1, -0.05) is 83.1 Å². The van der Waals surface area contributed by atoms with Crippen molar-refractivity contribution in [3.05, 3.63) is 65.3 Å². The average Bonchev–Trinajstić information content (AvgIpc) is 3.36. The Morgan fingerprint density at radius 1 is 0.933 bits per heavy atom.